The topological polar surface area (TPSA) is 60.5 Å². The minimum absolute atomic E-state index is 0.0682. The van der Waals surface area contributed by atoms with Crippen LogP contribution < -0.4 is 4.74 Å². The van der Waals surface area contributed by atoms with E-state index in [1.165, 1.54) is 0 Å². The Balaban J connectivity index is 1.70. The molecule has 1 aliphatic rings. The number of amides is 1. The van der Waals surface area contributed by atoms with Crippen LogP contribution in [0.15, 0.2) is 59.3 Å². The molecule has 0 bridgehead atoms. The molecule has 146 valence electrons. The smallest absolute Gasteiger partial charge is 0.278 e. The molecular weight excluding hydrogens is 354 g/mol. The zero-order valence-corrected chi connectivity index (χ0v) is 16.1. The Hall–Kier alpha value is -3.02. The maximum absolute atomic E-state index is 13.5. The summed E-state index contributed by atoms with van der Waals surface area (Å²) in [6.07, 6.45) is 7.50. The van der Waals surface area contributed by atoms with Gasteiger partial charge in [-0.3, -0.25) is 4.79 Å². The van der Waals surface area contributed by atoms with Gasteiger partial charge in [0.25, 0.3) is 5.91 Å². The van der Waals surface area contributed by atoms with Crippen molar-refractivity contribution in [3.05, 3.63) is 66.4 Å². The second kappa shape index (κ2) is 8.33. The molecule has 4 rings (SSSR count). The van der Waals surface area contributed by atoms with Crippen molar-refractivity contribution in [1.82, 2.24) is 14.7 Å². The highest BCUT2D eigenvalue weighted by Gasteiger charge is 2.32. The zero-order valence-electron chi connectivity index (χ0n) is 16.1. The summed E-state index contributed by atoms with van der Waals surface area (Å²) in [6.45, 7) is 3.07. The van der Waals surface area contributed by atoms with Gasteiger partial charge in [-0.2, -0.15) is 5.10 Å². The predicted molar refractivity (Wildman–Crippen MR) is 106 cm³/mol. The highest BCUT2D eigenvalue weighted by molar-refractivity contribution is 5.95. The Morgan fingerprint density at radius 2 is 2.04 bits per heavy atom. The first-order chi connectivity index (χ1) is 13.8. The van der Waals surface area contributed by atoms with Crippen molar-refractivity contribution in [3.63, 3.8) is 0 Å². The molecule has 1 unspecified atom stereocenters. The number of carbonyl (C=O) groups is 1. The minimum atomic E-state index is -0.110. The first kappa shape index (κ1) is 18.3. The molecule has 0 N–H and O–H groups in total. The molecular formula is C22H25N3O3. The first-order valence-corrected chi connectivity index (χ1v) is 9.90. The summed E-state index contributed by atoms with van der Waals surface area (Å²) in [5.41, 5.74) is 1.24. The van der Waals surface area contributed by atoms with E-state index in [0.717, 1.165) is 37.1 Å². The van der Waals surface area contributed by atoms with Crippen LogP contribution in [0.5, 0.6) is 5.75 Å². The highest BCUT2D eigenvalue weighted by atomic mass is 16.5. The molecule has 6 heteroatoms. The molecule has 1 amide bonds. The number of rotatable bonds is 5. The van der Waals surface area contributed by atoms with Gasteiger partial charge in [-0.15, -0.1) is 0 Å². The van der Waals surface area contributed by atoms with E-state index < -0.39 is 0 Å². The van der Waals surface area contributed by atoms with Crippen LogP contribution in [-0.4, -0.2) is 33.7 Å². The van der Waals surface area contributed by atoms with Crippen LogP contribution in [0.1, 0.15) is 54.9 Å². The van der Waals surface area contributed by atoms with Gasteiger partial charge >= 0.3 is 0 Å². The van der Waals surface area contributed by atoms with E-state index in [4.69, 9.17) is 9.15 Å². The minimum Gasteiger partial charge on any atom is -0.490 e. The summed E-state index contributed by atoms with van der Waals surface area (Å²) in [5.74, 6) is 1.23. The van der Waals surface area contributed by atoms with Crippen LogP contribution in [-0.2, 0) is 0 Å². The summed E-state index contributed by atoms with van der Waals surface area (Å²) in [5, 5.41) is 4.59. The lowest BCUT2D eigenvalue weighted by Crippen LogP contribution is -2.35. The molecule has 1 fully saturated rings. The average Bonchev–Trinajstić information content (AvgIpc) is 3.34. The molecule has 2 aromatic heterocycles. The van der Waals surface area contributed by atoms with Gasteiger partial charge in [-0.05, 0) is 44.0 Å². The van der Waals surface area contributed by atoms with E-state index in [1.807, 2.05) is 54.3 Å². The first-order valence-electron chi connectivity index (χ1n) is 9.90. The van der Waals surface area contributed by atoms with Crippen LogP contribution in [0, 0.1) is 0 Å². The largest absolute Gasteiger partial charge is 0.490 e. The number of carbonyl (C=O) groups excluding carboxylic acids is 1. The molecule has 6 nitrogen and oxygen atoms in total. The van der Waals surface area contributed by atoms with Gasteiger partial charge in [0.15, 0.2) is 11.4 Å². The fraction of sp³-hybridized carbons (Fsp3) is 0.364. The normalized spacial score (nSPS) is 17.3. The number of para-hydroxylation sites is 1. The second-order valence-electron chi connectivity index (χ2n) is 6.93. The zero-order chi connectivity index (χ0) is 19.3. The van der Waals surface area contributed by atoms with Gasteiger partial charge in [0, 0.05) is 6.54 Å². The van der Waals surface area contributed by atoms with E-state index in [9.17, 15) is 4.79 Å². The van der Waals surface area contributed by atoms with Gasteiger partial charge in [0.1, 0.15) is 5.76 Å². The monoisotopic (exact) mass is 379 g/mol. The van der Waals surface area contributed by atoms with Crippen molar-refractivity contribution in [2.75, 3.05) is 13.2 Å². The van der Waals surface area contributed by atoms with E-state index in [2.05, 4.69) is 5.10 Å². The summed E-state index contributed by atoms with van der Waals surface area (Å²) < 4.78 is 13.1. The lowest BCUT2D eigenvalue weighted by molar-refractivity contribution is 0.0648. The van der Waals surface area contributed by atoms with E-state index in [-0.39, 0.29) is 11.9 Å². The molecule has 3 heterocycles. The number of likely N-dealkylation sites (tertiary alicyclic amines) is 1. The number of aromatic nitrogens is 2. The molecule has 1 saturated heterocycles. The summed E-state index contributed by atoms with van der Waals surface area (Å²) in [6, 6.07) is 13.5. The quantitative estimate of drug-likeness (QED) is 0.649. The summed E-state index contributed by atoms with van der Waals surface area (Å²) >= 11 is 0. The summed E-state index contributed by atoms with van der Waals surface area (Å²) in [4.78, 5) is 15.4. The lowest BCUT2D eigenvalue weighted by Gasteiger charge is -2.28. The molecule has 3 aromatic rings. The van der Waals surface area contributed by atoms with Crippen LogP contribution in [0.2, 0.25) is 0 Å². The van der Waals surface area contributed by atoms with Crippen molar-refractivity contribution < 1.29 is 13.9 Å². The van der Waals surface area contributed by atoms with Crippen molar-refractivity contribution in [2.24, 2.45) is 0 Å². The molecule has 1 aliphatic heterocycles. The van der Waals surface area contributed by atoms with Crippen LogP contribution in [0.3, 0.4) is 0 Å². The number of hydrogen-bond acceptors (Lipinski definition) is 4. The van der Waals surface area contributed by atoms with Gasteiger partial charge in [0.2, 0.25) is 0 Å². The third kappa shape index (κ3) is 3.67. The molecule has 0 radical (unpaired) electrons. The number of ether oxygens (including phenoxy) is 1. The SMILES string of the molecule is CCOc1cn(-c2ccccc2)nc1C(=O)N1CCCCCC1c1ccco1. The van der Waals surface area contributed by atoms with Gasteiger partial charge < -0.3 is 14.1 Å². The van der Waals surface area contributed by atoms with Crippen molar-refractivity contribution in [3.8, 4) is 11.4 Å². The third-order valence-corrected chi connectivity index (χ3v) is 5.09. The molecule has 1 atom stereocenters. The Kier molecular flexibility index (Phi) is 5.46. The van der Waals surface area contributed by atoms with Crippen LogP contribution >= 0.6 is 0 Å². The Bertz CT molecular complexity index is 903. The third-order valence-electron chi connectivity index (χ3n) is 5.09. The fourth-order valence-electron chi connectivity index (χ4n) is 3.74. The number of hydrogen-bond donors (Lipinski definition) is 0. The van der Waals surface area contributed by atoms with Crippen molar-refractivity contribution in [2.45, 2.75) is 38.6 Å². The van der Waals surface area contributed by atoms with Crippen LogP contribution in [0.25, 0.3) is 5.69 Å². The molecule has 0 spiro atoms. The van der Waals surface area contributed by atoms with E-state index in [0.29, 0.717) is 24.6 Å². The molecule has 0 saturated carbocycles. The average molecular weight is 379 g/mol. The van der Waals surface area contributed by atoms with Crippen molar-refractivity contribution >= 4 is 5.91 Å². The Morgan fingerprint density at radius 1 is 1.18 bits per heavy atom. The second-order valence-corrected chi connectivity index (χ2v) is 6.93. The maximum Gasteiger partial charge on any atom is 0.278 e. The predicted octanol–water partition coefficient (Wildman–Crippen LogP) is 4.62. The molecule has 28 heavy (non-hydrogen) atoms. The van der Waals surface area contributed by atoms with E-state index >= 15 is 0 Å². The number of furan rings is 1. The lowest BCUT2D eigenvalue weighted by atomic mass is 10.1. The van der Waals surface area contributed by atoms with E-state index in [1.54, 1.807) is 17.1 Å². The van der Waals surface area contributed by atoms with Crippen molar-refractivity contribution in [1.29, 1.82) is 0 Å². The summed E-state index contributed by atoms with van der Waals surface area (Å²) in [7, 11) is 0. The Labute approximate surface area is 164 Å². The molecule has 1 aromatic carbocycles. The fourth-order valence-corrected chi connectivity index (χ4v) is 3.74. The highest BCUT2D eigenvalue weighted by Crippen LogP contribution is 2.33. The standard InChI is InChI=1S/C22H25N3O3/c1-2-27-20-16-25(17-10-5-3-6-11-17)23-21(20)22(26)24-14-8-4-7-12-18(24)19-13-9-15-28-19/h3,5-6,9-11,13,15-16,18H,2,4,7-8,12,14H2,1H3. The maximum atomic E-state index is 13.5. The van der Waals surface area contributed by atoms with Gasteiger partial charge in [-0.25, -0.2) is 4.68 Å². The number of benzene rings is 1. The van der Waals surface area contributed by atoms with Gasteiger partial charge in [-0.1, -0.05) is 31.0 Å². The van der Waals surface area contributed by atoms with Gasteiger partial charge in [0.05, 0.1) is 30.8 Å². The van der Waals surface area contributed by atoms with Crippen LogP contribution in [0.4, 0.5) is 0 Å². The Morgan fingerprint density at radius 3 is 2.79 bits per heavy atom. The molecule has 0 aliphatic carbocycles. The number of nitrogens with zero attached hydrogens (tertiary/aromatic N) is 3.